The SMILES string of the molecule is COc1ccc(C(=O)N2CCN(C(=O)CCCn3ccnc3C)CC2)cc1. The topological polar surface area (TPSA) is 67.7 Å². The van der Waals surface area contributed by atoms with Crippen LogP contribution in [0.5, 0.6) is 5.75 Å². The Morgan fingerprint density at radius 2 is 1.74 bits per heavy atom. The van der Waals surface area contributed by atoms with Crippen molar-refractivity contribution in [2.24, 2.45) is 0 Å². The van der Waals surface area contributed by atoms with E-state index >= 15 is 0 Å². The Hall–Kier alpha value is -2.83. The highest BCUT2D eigenvalue weighted by Gasteiger charge is 2.24. The van der Waals surface area contributed by atoms with Gasteiger partial charge in [0, 0.05) is 57.1 Å². The van der Waals surface area contributed by atoms with E-state index in [1.54, 1.807) is 42.5 Å². The molecular weight excluding hydrogens is 344 g/mol. The van der Waals surface area contributed by atoms with Crippen molar-refractivity contribution in [2.75, 3.05) is 33.3 Å². The summed E-state index contributed by atoms with van der Waals surface area (Å²) in [6.45, 7) is 5.07. The standard InChI is InChI=1S/C20H26N4O3/c1-16-21-9-11-22(16)10-3-4-19(25)23-12-14-24(15-13-23)20(26)17-5-7-18(27-2)8-6-17/h5-9,11H,3-4,10,12-15H2,1-2H3. The van der Waals surface area contributed by atoms with Crippen LogP contribution < -0.4 is 4.74 Å². The van der Waals surface area contributed by atoms with Crippen LogP contribution in [0.25, 0.3) is 0 Å². The summed E-state index contributed by atoms with van der Waals surface area (Å²) in [4.78, 5) is 32.8. The zero-order valence-corrected chi connectivity index (χ0v) is 15.9. The number of piperazine rings is 1. The van der Waals surface area contributed by atoms with E-state index in [0.717, 1.165) is 24.5 Å². The maximum Gasteiger partial charge on any atom is 0.253 e. The van der Waals surface area contributed by atoms with Gasteiger partial charge < -0.3 is 19.1 Å². The van der Waals surface area contributed by atoms with E-state index in [9.17, 15) is 9.59 Å². The molecule has 0 saturated carbocycles. The molecule has 3 rings (SSSR count). The van der Waals surface area contributed by atoms with Gasteiger partial charge in [-0.2, -0.15) is 0 Å². The van der Waals surface area contributed by atoms with Crippen LogP contribution in [0.2, 0.25) is 0 Å². The molecule has 7 heteroatoms. The van der Waals surface area contributed by atoms with Crippen LogP contribution in [0.1, 0.15) is 29.0 Å². The summed E-state index contributed by atoms with van der Waals surface area (Å²) in [5, 5.41) is 0. The Morgan fingerprint density at radius 1 is 1.07 bits per heavy atom. The van der Waals surface area contributed by atoms with Crippen LogP contribution >= 0.6 is 0 Å². The highest BCUT2D eigenvalue weighted by atomic mass is 16.5. The number of carbonyl (C=O) groups excluding carboxylic acids is 2. The van der Waals surface area contributed by atoms with Gasteiger partial charge in [0.05, 0.1) is 7.11 Å². The van der Waals surface area contributed by atoms with Gasteiger partial charge in [0.1, 0.15) is 11.6 Å². The van der Waals surface area contributed by atoms with Gasteiger partial charge in [-0.15, -0.1) is 0 Å². The molecule has 2 amide bonds. The molecule has 7 nitrogen and oxygen atoms in total. The van der Waals surface area contributed by atoms with Crippen molar-refractivity contribution in [3.8, 4) is 5.75 Å². The maximum atomic E-state index is 12.6. The normalized spacial score (nSPS) is 14.3. The number of carbonyl (C=O) groups is 2. The molecule has 0 unspecified atom stereocenters. The predicted octanol–water partition coefficient (Wildman–Crippen LogP) is 1.96. The van der Waals surface area contributed by atoms with Gasteiger partial charge in [-0.1, -0.05) is 0 Å². The molecule has 1 fully saturated rings. The molecule has 0 spiro atoms. The fraction of sp³-hybridized carbons (Fsp3) is 0.450. The van der Waals surface area contributed by atoms with Crippen molar-refractivity contribution in [3.05, 3.63) is 48.0 Å². The number of hydrogen-bond donors (Lipinski definition) is 0. The number of benzene rings is 1. The van der Waals surface area contributed by atoms with Gasteiger partial charge in [0.2, 0.25) is 5.91 Å². The molecule has 0 aliphatic carbocycles. The molecule has 2 heterocycles. The van der Waals surface area contributed by atoms with Crippen LogP contribution in [0.4, 0.5) is 0 Å². The number of aromatic nitrogens is 2. The Labute approximate surface area is 159 Å². The van der Waals surface area contributed by atoms with Gasteiger partial charge >= 0.3 is 0 Å². The predicted molar refractivity (Wildman–Crippen MR) is 102 cm³/mol. The molecule has 1 aromatic heterocycles. The number of imidazole rings is 1. The number of hydrogen-bond acceptors (Lipinski definition) is 4. The lowest BCUT2D eigenvalue weighted by Crippen LogP contribution is -2.50. The summed E-state index contributed by atoms with van der Waals surface area (Å²) >= 11 is 0. The molecule has 2 aromatic rings. The summed E-state index contributed by atoms with van der Waals surface area (Å²) in [5.41, 5.74) is 0.645. The van der Waals surface area contributed by atoms with Gasteiger partial charge in [0.25, 0.3) is 5.91 Å². The second kappa shape index (κ2) is 8.70. The minimum Gasteiger partial charge on any atom is -0.497 e. The van der Waals surface area contributed by atoms with Crippen LogP contribution in [0, 0.1) is 6.92 Å². The van der Waals surface area contributed by atoms with E-state index in [-0.39, 0.29) is 11.8 Å². The molecule has 0 N–H and O–H groups in total. The summed E-state index contributed by atoms with van der Waals surface area (Å²) < 4.78 is 7.18. The average molecular weight is 370 g/mol. The van der Waals surface area contributed by atoms with Gasteiger partial charge in [-0.05, 0) is 37.6 Å². The smallest absolute Gasteiger partial charge is 0.253 e. The Morgan fingerprint density at radius 3 is 2.33 bits per heavy atom. The molecular formula is C20H26N4O3. The Balaban J connectivity index is 1.44. The number of aryl methyl sites for hydroxylation is 2. The van der Waals surface area contributed by atoms with Gasteiger partial charge in [-0.25, -0.2) is 4.98 Å². The molecule has 27 heavy (non-hydrogen) atoms. The van der Waals surface area contributed by atoms with Crippen molar-refractivity contribution in [1.82, 2.24) is 19.4 Å². The third-order valence-electron chi connectivity index (χ3n) is 4.97. The lowest BCUT2D eigenvalue weighted by Gasteiger charge is -2.35. The van der Waals surface area contributed by atoms with E-state index in [1.807, 2.05) is 18.0 Å². The minimum atomic E-state index is 0.000310. The van der Waals surface area contributed by atoms with Gasteiger partial charge in [0.15, 0.2) is 0 Å². The molecule has 0 bridgehead atoms. The largest absolute Gasteiger partial charge is 0.497 e. The average Bonchev–Trinajstić information content (AvgIpc) is 3.12. The Bertz CT molecular complexity index is 777. The van der Waals surface area contributed by atoms with Gasteiger partial charge in [-0.3, -0.25) is 9.59 Å². The number of methoxy groups -OCH3 is 1. The molecule has 0 radical (unpaired) electrons. The van der Waals surface area contributed by atoms with Crippen LogP contribution in [0.15, 0.2) is 36.7 Å². The first kappa shape index (κ1) is 18.9. The number of amides is 2. The number of nitrogens with zero attached hydrogens (tertiary/aromatic N) is 4. The number of rotatable bonds is 6. The molecule has 0 atom stereocenters. The molecule has 1 aliphatic heterocycles. The van der Waals surface area contributed by atoms with Crippen molar-refractivity contribution in [2.45, 2.75) is 26.3 Å². The highest BCUT2D eigenvalue weighted by Crippen LogP contribution is 2.15. The van der Waals surface area contributed by atoms with Crippen molar-refractivity contribution >= 4 is 11.8 Å². The highest BCUT2D eigenvalue weighted by molar-refractivity contribution is 5.94. The summed E-state index contributed by atoms with van der Waals surface area (Å²) in [7, 11) is 1.60. The van der Waals surface area contributed by atoms with Crippen molar-refractivity contribution in [3.63, 3.8) is 0 Å². The third kappa shape index (κ3) is 4.67. The molecule has 1 aliphatic rings. The zero-order valence-electron chi connectivity index (χ0n) is 15.9. The lowest BCUT2D eigenvalue weighted by atomic mass is 10.1. The van der Waals surface area contributed by atoms with Crippen molar-refractivity contribution in [1.29, 1.82) is 0 Å². The number of ether oxygens (including phenoxy) is 1. The van der Waals surface area contributed by atoms with E-state index in [1.165, 1.54) is 0 Å². The van der Waals surface area contributed by atoms with E-state index in [4.69, 9.17) is 4.74 Å². The first-order chi connectivity index (χ1) is 13.1. The third-order valence-corrected chi connectivity index (χ3v) is 4.97. The first-order valence-corrected chi connectivity index (χ1v) is 9.27. The summed E-state index contributed by atoms with van der Waals surface area (Å²) in [5.74, 6) is 1.85. The second-order valence-corrected chi connectivity index (χ2v) is 6.67. The fourth-order valence-corrected chi connectivity index (χ4v) is 3.27. The monoisotopic (exact) mass is 370 g/mol. The molecule has 1 aromatic carbocycles. The Kier molecular flexibility index (Phi) is 6.11. The van der Waals surface area contributed by atoms with Crippen LogP contribution in [-0.2, 0) is 11.3 Å². The molecule has 1 saturated heterocycles. The summed E-state index contributed by atoms with van der Waals surface area (Å²) in [6, 6.07) is 7.12. The maximum absolute atomic E-state index is 12.6. The summed E-state index contributed by atoms with van der Waals surface area (Å²) in [6.07, 6.45) is 5.02. The zero-order chi connectivity index (χ0) is 19.2. The fourth-order valence-electron chi connectivity index (χ4n) is 3.27. The van der Waals surface area contributed by atoms with Crippen LogP contribution in [-0.4, -0.2) is 64.5 Å². The molecule has 144 valence electrons. The van der Waals surface area contributed by atoms with Crippen LogP contribution in [0.3, 0.4) is 0 Å². The first-order valence-electron chi connectivity index (χ1n) is 9.27. The lowest BCUT2D eigenvalue weighted by molar-refractivity contribution is -0.132. The van der Waals surface area contributed by atoms with E-state index in [0.29, 0.717) is 38.2 Å². The van der Waals surface area contributed by atoms with E-state index in [2.05, 4.69) is 9.55 Å². The van der Waals surface area contributed by atoms with Crippen molar-refractivity contribution < 1.29 is 14.3 Å². The quantitative estimate of drug-likeness (QED) is 0.780. The second-order valence-electron chi connectivity index (χ2n) is 6.67. The minimum absolute atomic E-state index is 0.000310. The van der Waals surface area contributed by atoms with E-state index < -0.39 is 0 Å².